The first kappa shape index (κ1) is 23.1. The number of hydrogen-bond donors (Lipinski definition) is 1. The molecule has 0 spiro atoms. The lowest BCUT2D eigenvalue weighted by atomic mass is 9.87. The van der Waals surface area contributed by atoms with Gasteiger partial charge in [0, 0.05) is 31.7 Å². The Bertz CT molecular complexity index is 1120. The number of carbonyl (C=O) groups is 1. The van der Waals surface area contributed by atoms with Gasteiger partial charge in [0.05, 0.1) is 11.4 Å². The molecule has 2 N–H and O–H groups in total. The molecule has 0 radical (unpaired) electrons. The van der Waals surface area contributed by atoms with Gasteiger partial charge in [-0.15, -0.1) is 10.2 Å². The van der Waals surface area contributed by atoms with Crippen LogP contribution in [0.4, 0.5) is 10.1 Å². The predicted octanol–water partition coefficient (Wildman–Crippen LogP) is 3.54. The zero-order valence-electron chi connectivity index (χ0n) is 19.2. The number of carbonyl (C=O) groups excluding carboxylic acids is 1. The molecule has 1 amide bonds. The number of hydrogen-bond acceptors (Lipinski definition) is 6. The lowest BCUT2D eigenvalue weighted by Gasteiger charge is -2.36. The molecule has 3 aromatic rings. The van der Waals surface area contributed by atoms with E-state index in [0.29, 0.717) is 42.8 Å². The SMILES string of the molecule is CC(C)(C)c1ccc(-c2nnc(SCC(=O)N3CCN(c4ccccc4F)CC3)n2N)cc1. The Morgan fingerprint density at radius 3 is 2.33 bits per heavy atom. The minimum absolute atomic E-state index is 0.00673. The zero-order chi connectivity index (χ0) is 23.6. The lowest BCUT2D eigenvalue weighted by Crippen LogP contribution is -2.49. The third-order valence-electron chi connectivity index (χ3n) is 5.82. The molecule has 2 aromatic carbocycles. The van der Waals surface area contributed by atoms with E-state index < -0.39 is 0 Å². The van der Waals surface area contributed by atoms with Gasteiger partial charge in [0.25, 0.3) is 0 Å². The van der Waals surface area contributed by atoms with Crippen molar-refractivity contribution in [1.82, 2.24) is 19.8 Å². The number of para-hydroxylation sites is 1. The van der Waals surface area contributed by atoms with Crippen molar-refractivity contribution in [2.24, 2.45) is 0 Å². The standard InChI is InChI=1S/C24H29FN6OS/c1-24(2,3)18-10-8-17(9-11-18)22-27-28-23(31(22)26)33-16-21(32)30-14-12-29(13-15-30)20-7-5-4-6-19(20)25/h4-11H,12-16,26H2,1-3H3. The minimum atomic E-state index is -0.237. The Hall–Kier alpha value is -3.07. The molecule has 0 atom stereocenters. The highest BCUT2D eigenvalue weighted by Gasteiger charge is 2.23. The smallest absolute Gasteiger partial charge is 0.233 e. The third-order valence-corrected chi connectivity index (χ3v) is 6.75. The molecule has 0 aliphatic carbocycles. The van der Waals surface area contributed by atoms with E-state index >= 15 is 0 Å². The van der Waals surface area contributed by atoms with Gasteiger partial charge in [-0.1, -0.05) is 68.9 Å². The van der Waals surface area contributed by atoms with Crippen LogP contribution in [-0.2, 0) is 10.2 Å². The van der Waals surface area contributed by atoms with Crippen molar-refractivity contribution in [3.05, 3.63) is 59.9 Å². The fraction of sp³-hybridized carbons (Fsp3) is 0.375. The molecule has 174 valence electrons. The molecule has 0 unspecified atom stereocenters. The first-order valence-corrected chi connectivity index (χ1v) is 11.9. The number of thioether (sulfide) groups is 1. The number of nitrogen functional groups attached to an aromatic ring is 1. The molecule has 0 saturated carbocycles. The Balaban J connectivity index is 1.33. The van der Waals surface area contributed by atoms with Crippen molar-refractivity contribution in [2.75, 3.05) is 42.7 Å². The second-order valence-electron chi connectivity index (χ2n) is 9.11. The monoisotopic (exact) mass is 468 g/mol. The molecule has 2 heterocycles. The molecule has 1 aliphatic rings. The van der Waals surface area contributed by atoms with Crippen LogP contribution in [0.3, 0.4) is 0 Å². The van der Waals surface area contributed by atoms with Crippen LogP contribution < -0.4 is 10.7 Å². The number of nitrogens with zero attached hydrogens (tertiary/aromatic N) is 5. The highest BCUT2D eigenvalue weighted by atomic mass is 32.2. The molecule has 9 heteroatoms. The fourth-order valence-corrected chi connectivity index (χ4v) is 4.57. The van der Waals surface area contributed by atoms with E-state index in [0.717, 1.165) is 5.56 Å². The van der Waals surface area contributed by atoms with Gasteiger partial charge in [-0.25, -0.2) is 9.07 Å². The average Bonchev–Trinajstić information content (AvgIpc) is 3.17. The number of aromatic nitrogens is 3. The van der Waals surface area contributed by atoms with Crippen LogP contribution in [0.2, 0.25) is 0 Å². The van der Waals surface area contributed by atoms with Crippen LogP contribution in [0.1, 0.15) is 26.3 Å². The van der Waals surface area contributed by atoms with Crippen LogP contribution in [-0.4, -0.2) is 57.6 Å². The van der Waals surface area contributed by atoms with E-state index in [1.165, 1.54) is 28.1 Å². The van der Waals surface area contributed by atoms with Gasteiger partial charge in [0.15, 0.2) is 5.82 Å². The normalized spacial score (nSPS) is 14.5. The van der Waals surface area contributed by atoms with Gasteiger partial charge in [0.1, 0.15) is 5.82 Å². The second kappa shape index (κ2) is 9.43. The molecule has 33 heavy (non-hydrogen) atoms. The number of halogens is 1. The van der Waals surface area contributed by atoms with Gasteiger partial charge in [0.2, 0.25) is 11.1 Å². The number of nitrogens with two attached hydrogens (primary N) is 1. The lowest BCUT2D eigenvalue weighted by molar-refractivity contribution is -0.128. The van der Waals surface area contributed by atoms with E-state index in [2.05, 4.69) is 43.1 Å². The Labute approximate surface area is 197 Å². The minimum Gasteiger partial charge on any atom is -0.366 e. The highest BCUT2D eigenvalue weighted by Crippen LogP contribution is 2.27. The van der Waals surface area contributed by atoms with Crippen LogP contribution in [0.25, 0.3) is 11.4 Å². The van der Waals surface area contributed by atoms with E-state index in [-0.39, 0.29) is 22.9 Å². The molecular formula is C24H29FN6OS. The molecule has 1 fully saturated rings. The summed E-state index contributed by atoms with van der Waals surface area (Å²) < 4.78 is 15.5. The third kappa shape index (κ3) is 5.13. The zero-order valence-corrected chi connectivity index (χ0v) is 20.0. The topological polar surface area (TPSA) is 80.3 Å². The summed E-state index contributed by atoms with van der Waals surface area (Å²) in [6, 6.07) is 14.8. The van der Waals surface area contributed by atoms with Crippen LogP contribution in [0.5, 0.6) is 0 Å². The average molecular weight is 469 g/mol. The Morgan fingerprint density at radius 2 is 1.70 bits per heavy atom. The summed E-state index contributed by atoms with van der Waals surface area (Å²) in [5.41, 5.74) is 2.75. The van der Waals surface area contributed by atoms with Crippen LogP contribution in [0, 0.1) is 5.82 Å². The molecule has 4 rings (SSSR count). The number of rotatable bonds is 5. The molecule has 1 aromatic heterocycles. The molecular weight excluding hydrogens is 439 g/mol. The van der Waals surface area contributed by atoms with Gasteiger partial charge in [-0.2, -0.15) is 0 Å². The van der Waals surface area contributed by atoms with Crippen molar-refractivity contribution in [3.63, 3.8) is 0 Å². The first-order chi connectivity index (χ1) is 15.7. The number of piperazine rings is 1. The van der Waals surface area contributed by atoms with E-state index in [1.54, 1.807) is 17.0 Å². The fourth-order valence-electron chi connectivity index (χ4n) is 3.81. The summed E-state index contributed by atoms with van der Waals surface area (Å²) in [5.74, 6) is 6.77. The summed E-state index contributed by atoms with van der Waals surface area (Å²) in [4.78, 5) is 16.5. The summed E-state index contributed by atoms with van der Waals surface area (Å²) >= 11 is 1.27. The van der Waals surface area contributed by atoms with Gasteiger partial charge < -0.3 is 15.6 Å². The van der Waals surface area contributed by atoms with Crippen molar-refractivity contribution < 1.29 is 9.18 Å². The summed E-state index contributed by atoms with van der Waals surface area (Å²) in [6.45, 7) is 8.79. The number of benzene rings is 2. The largest absolute Gasteiger partial charge is 0.366 e. The van der Waals surface area contributed by atoms with Crippen LogP contribution >= 0.6 is 11.8 Å². The van der Waals surface area contributed by atoms with Crippen molar-refractivity contribution >= 4 is 23.4 Å². The van der Waals surface area contributed by atoms with Crippen molar-refractivity contribution in [1.29, 1.82) is 0 Å². The quantitative estimate of drug-likeness (QED) is 0.456. The Kier molecular flexibility index (Phi) is 6.60. The second-order valence-corrected chi connectivity index (χ2v) is 10.1. The van der Waals surface area contributed by atoms with Gasteiger partial charge >= 0.3 is 0 Å². The number of amides is 1. The van der Waals surface area contributed by atoms with E-state index in [4.69, 9.17) is 5.84 Å². The van der Waals surface area contributed by atoms with Crippen molar-refractivity contribution in [3.8, 4) is 11.4 Å². The number of anilines is 1. The maximum atomic E-state index is 14.0. The highest BCUT2D eigenvalue weighted by molar-refractivity contribution is 7.99. The summed E-state index contributed by atoms with van der Waals surface area (Å²) in [5, 5.41) is 8.88. The summed E-state index contributed by atoms with van der Waals surface area (Å²) in [7, 11) is 0. The van der Waals surface area contributed by atoms with Crippen molar-refractivity contribution in [2.45, 2.75) is 31.3 Å². The van der Waals surface area contributed by atoms with Gasteiger partial charge in [-0.05, 0) is 23.1 Å². The van der Waals surface area contributed by atoms with E-state index in [9.17, 15) is 9.18 Å². The Morgan fingerprint density at radius 1 is 1.03 bits per heavy atom. The molecule has 1 aliphatic heterocycles. The maximum Gasteiger partial charge on any atom is 0.233 e. The molecule has 7 nitrogen and oxygen atoms in total. The van der Waals surface area contributed by atoms with Gasteiger partial charge in [-0.3, -0.25) is 4.79 Å². The van der Waals surface area contributed by atoms with Crippen LogP contribution in [0.15, 0.2) is 53.7 Å². The van der Waals surface area contributed by atoms with E-state index in [1.807, 2.05) is 23.1 Å². The summed E-state index contributed by atoms with van der Waals surface area (Å²) in [6.07, 6.45) is 0. The molecule has 1 saturated heterocycles. The maximum absolute atomic E-state index is 14.0. The first-order valence-electron chi connectivity index (χ1n) is 11.0. The predicted molar refractivity (Wildman–Crippen MR) is 130 cm³/mol. The molecule has 0 bridgehead atoms.